The van der Waals surface area contributed by atoms with Crippen molar-refractivity contribution < 1.29 is 4.39 Å². The van der Waals surface area contributed by atoms with Crippen LogP contribution in [-0.2, 0) is 19.3 Å². The summed E-state index contributed by atoms with van der Waals surface area (Å²) in [5.74, 6) is 0.240. The maximum absolute atomic E-state index is 15.4. The molecule has 28 heavy (non-hydrogen) atoms. The molecule has 1 unspecified atom stereocenters. The molecule has 0 nitrogen and oxygen atoms in total. The predicted octanol–water partition coefficient (Wildman–Crippen LogP) is 7.63. The lowest BCUT2D eigenvalue weighted by Gasteiger charge is -2.26. The number of aryl methyl sites for hydroxylation is 2. The van der Waals surface area contributed by atoms with E-state index < -0.39 is 0 Å². The van der Waals surface area contributed by atoms with Crippen LogP contribution in [0.15, 0.2) is 55.1 Å². The zero-order chi connectivity index (χ0) is 19.5. The third kappa shape index (κ3) is 3.76. The minimum absolute atomic E-state index is 0.0197. The Balaban J connectivity index is 1.59. The zero-order valence-corrected chi connectivity index (χ0v) is 16.8. The summed E-state index contributed by atoms with van der Waals surface area (Å²) in [4.78, 5) is 0. The van der Waals surface area contributed by atoms with E-state index in [9.17, 15) is 0 Å². The van der Waals surface area contributed by atoms with E-state index in [0.717, 1.165) is 42.0 Å². The number of halogens is 1. The lowest BCUT2D eigenvalue weighted by atomic mass is 9.79. The van der Waals surface area contributed by atoms with Crippen LogP contribution in [0, 0.1) is 5.82 Å². The molecule has 0 bridgehead atoms. The second-order valence-electron chi connectivity index (χ2n) is 8.15. The van der Waals surface area contributed by atoms with E-state index in [1.54, 1.807) is 0 Å². The Morgan fingerprint density at radius 3 is 2.75 bits per heavy atom. The molecular weight excluding hydrogens is 343 g/mol. The van der Waals surface area contributed by atoms with Gasteiger partial charge in [0.15, 0.2) is 0 Å². The van der Waals surface area contributed by atoms with Crippen molar-refractivity contribution in [1.82, 2.24) is 0 Å². The van der Waals surface area contributed by atoms with Crippen LogP contribution in [-0.4, -0.2) is 0 Å². The molecule has 0 saturated heterocycles. The molecule has 0 spiro atoms. The van der Waals surface area contributed by atoms with Crippen LogP contribution in [0.4, 0.5) is 4.39 Å². The van der Waals surface area contributed by atoms with Gasteiger partial charge < -0.3 is 0 Å². The summed E-state index contributed by atoms with van der Waals surface area (Å²) in [6.45, 7) is 6.08. The molecule has 0 N–H and O–H groups in total. The maximum atomic E-state index is 15.4. The Morgan fingerprint density at radius 2 is 1.93 bits per heavy atom. The second kappa shape index (κ2) is 8.31. The fraction of sp³-hybridized carbons (Fsp3) is 0.333. The first-order valence-electron chi connectivity index (χ1n) is 10.6. The molecule has 0 heterocycles. The molecule has 3 aromatic rings. The molecule has 1 aliphatic rings. The topological polar surface area (TPSA) is 0 Å². The third-order valence-corrected chi connectivity index (χ3v) is 6.25. The van der Waals surface area contributed by atoms with E-state index in [2.05, 4.69) is 49.9 Å². The fourth-order valence-electron chi connectivity index (χ4n) is 4.58. The summed E-state index contributed by atoms with van der Waals surface area (Å²) >= 11 is 0. The van der Waals surface area contributed by atoms with Gasteiger partial charge in [-0.25, -0.2) is 4.39 Å². The number of unbranched alkanes of at least 4 members (excludes halogenated alkanes) is 2. The zero-order valence-electron chi connectivity index (χ0n) is 16.8. The van der Waals surface area contributed by atoms with Gasteiger partial charge in [-0.2, -0.15) is 0 Å². The predicted molar refractivity (Wildman–Crippen MR) is 118 cm³/mol. The molecule has 1 heteroatoms. The van der Waals surface area contributed by atoms with Gasteiger partial charge in [-0.15, -0.1) is 0 Å². The van der Waals surface area contributed by atoms with Crippen molar-refractivity contribution in [2.45, 2.75) is 57.8 Å². The van der Waals surface area contributed by atoms with Gasteiger partial charge >= 0.3 is 0 Å². The summed E-state index contributed by atoms with van der Waals surface area (Å²) in [5, 5.41) is 1.80. The van der Waals surface area contributed by atoms with Gasteiger partial charge in [0.1, 0.15) is 5.82 Å². The van der Waals surface area contributed by atoms with E-state index in [0.29, 0.717) is 0 Å². The average Bonchev–Trinajstić information content (AvgIpc) is 2.73. The van der Waals surface area contributed by atoms with Crippen molar-refractivity contribution in [3.8, 4) is 0 Å². The molecule has 4 rings (SSSR count). The van der Waals surface area contributed by atoms with Gasteiger partial charge in [-0.05, 0) is 71.2 Å². The van der Waals surface area contributed by atoms with Crippen LogP contribution in [0.3, 0.4) is 0 Å². The molecule has 144 valence electrons. The van der Waals surface area contributed by atoms with Crippen LogP contribution in [0.2, 0.25) is 0 Å². The normalized spacial score (nSPS) is 16.1. The monoisotopic (exact) mass is 372 g/mol. The molecule has 0 radical (unpaired) electrons. The second-order valence-corrected chi connectivity index (χ2v) is 8.15. The van der Waals surface area contributed by atoms with E-state index in [-0.39, 0.29) is 11.7 Å². The first-order valence-corrected chi connectivity index (χ1v) is 10.6. The molecule has 0 amide bonds. The van der Waals surface area contributed by atoms with E-state index in [1.165, 1.54) is 41.5 Å². The van der Waals surface area contributed by atoms with Gasteiger partial charge in [0, 0.05) is 5.39 Å². The molecule has 0 fully saturated rings. The first kappa shape index (κ1) is 18.9. The quantitative estimate of drug-likeness (QED) is 0.390. The van der Waals surface area contributed by atoms with Crippen LogP contribution < -0.4 is 0 Å². The maximum Gasteiger partial charge on any atom is 0.134 e. The molecule has 0 aliphatic heterocycles. The SMILES string of the molecule is C=Cc1ccc2c(c1)CCC(c1ccc3cc(CCCCC)ccc3c1F)C2. The number of hydrogen-bond donors (Lipinski definition) is 0. The Labute approximate surface area is 168 Å². The molecule has 1 aliphatic carbocycles. The summed E-state index contributed by atoms with van der Waals surface area (Å²) in [5.41, 5.74) is 6.12. The highest BCUT2D eigenvalue weighted by atomic mass is 19.1. The van der Waals surface area contributed by atoms with Crippen molar-refractivity contribution in [3.63, 3.8) is 0 Å². The number of benzene rings is 3. The van der Waals surface area contributed by atoms with Crippen molar-refractivity contribution in [2.24, 2.45) is 0 Å². The lowest BCUT2D eigenvalue weighted by molar-refractivity contribution is 0.539. The summed E-state index contributed by atoms with van der Waals surface area (Å²) < 4.78 is 15.4. The Morgan fingerprint density at radius 1 is 1.04 bits per heavy atom. The van der Waals surface area contributed by atoms with Gasteiger partial charge in [0.2, 0.25) is 0 Å². The molecule has 1 atom stereocenters. The minimum Gasteiger partial charge on any atom is -0.206 e. The van der Waals surface area contributed by atoms with Crippen LogP contribution >= 0.6 is 0 Å². The standard InChI is InChI=1S/C27H29F/c1-3-5-6-7-20-9-14-25-23(17-20)13-15-26(27(25)28)24-12-11-21-16-19(4-2)8-10-22(21)18-24/h4,8-10,13-17,24H,2-3,5-7,11-12,18H2,1H3. The van der Waals surface area contributed by atoms with Gasteiger partial charge in [0.25, 0.3) is 0 Å². The van der Waals surface area contributed by atoms with Gasteiger partial charge in [0.05, 0.1) is 0 Å². The highest BCUT2D eigenvalue weighted by molar-refractivity contribution is 5.84. The molecule has 0 aromatic heterocycles. The van der Waals surface area contributed by atoms with Crippen molar-refractivity contribution in [1.29, 1.82) is 0 Å². The first-order chi connectivity index (χ1) is 13.7. The van der Waals surface area contributed by atoms with E-state index in [1.807, 2.05) is 18.2 Å². The largest absolute Gasteiger partial charge is 0.206 e. The van der Waals surface area contributed by atoms with Crippen LogP contribution in [0.5, 0.6) is 0 Å². The third-order valence-electron chi connectivity index (χ3n) is 6.25. The fourth-order valence-corrected chi connectivity index (χ4v) is 4.58. The lowest BCUT2D eigenvalue weighted by Crippen LogP contribution is -2.14. The number of rotatable bonds is 6. The van der Waals surface area contributed by atoms with Crippen molar-refractivity contribution >= 4 is 16.8 Å². The van der Waals surface area contributed by atoms with Crippen molar-refractivity contribution in [2.75, 3.05) is 0 Å². The summed E-state index contributed by atoms with van der Waals surface area (Å²) in [6.07, 6.45) is 9.60. The Hall–Kier alpha value is -2.41. The average molecular weight is 373 g/mol. The van der Waals surface area contributed by atoms with Crippen LogP contribution in [0.1, 0.15) is 66.3 Å². The molecule has 0 saturated carbocycles. The highest BCUT2D eigenvalue weighted by Gasteiger charge is 2.23. The highest BCUT2D eigenvalue weighted by Crippen LogP contribution is 2.36. The van der Waals surface area contributed by atoms with Crippen molar-refractivity contribution in [3.05, 3.63) is 88.7 Å². The Bertz CT molecular complexity index is 999. The summed E-state index contributed by atoms with van der Waals surface area (Å²) in [6, 6.07) is 17.0. The number of hydrogen-bond acceptors (Lipinski definition) is 0. The van der Waals surface area contributed by atoms with Crippen LogP contribution in [0.25, 0.3) is 16.8 Å². The molecular formula is C27H29F. The number of fused-ring (bicyclic) bond motifs is 2. The Kier molecular flexibility index (Phi) is 5.62. The molecule has 3 aromatic carbocycles. The van der Waals surface area contributed by atoms with E-state index >= 15 is 4.39 Å². The smallest absolute Gasteiger partial charge is 0.134 e. The van der Waals surface area contributed by atoms with Gasteiger partial charge in [-0.1, -0.05) is 81.0 Å². The van der Waals surface area contributed by atoms with E-state index in [4.69, 9.17) is 0 Å². The van der Waals surface area contributed by atoms with Gasteiger partial charge in [-0.3, -0.25) is 0 Å². The minimum atomic E-state index is -0.0197. The summed E-state index contributed by atoms with van der Waals surface area (Å²) in [7, 11) is 0.